The number of nitrogens with zero attached hydrogens (tertiary/aromatic N) is 1. The number of rotatable bonds is 5. The summed E-state index contributed by atoms with van der Waals surface area (Å²) in [6.07, 6.45) is 0.844. The van der Waals surface area contributed by atoms with Gasteiger partial charge in [-0.05, 0) is 18.1 Å². The lowest BCUT2D eigenvalue weighted by Gasteiger charge is -2.12. The van der Waals surface area contributed by atoms with Gasteiger partial charge in [-0.2, -0.15) is 0 Å². The minimum atomic E-state index is 0. The highest BCUT2D eigenvalue weighted by molar-refractivity contribution is 14.0. The molecule has 1 aromatic heterocycles. The third kappa shape index (κ3) is 5.57. The molecule has 4 nitrogen and oxygen atoms in total. The number of halogens is 1. The predicted octanol–water partition coefficient (Wildman–Crippen LogP) is 3.41. The molecule has 21 heavy (non-hydrogen) atoms. The maximum atomic E-state index is 5.78. The molecule has 0 atom stereocenters. The second-order valence-electron chi connectivity index (χ2n) is 5.27. The van der Waals surface area contributed by atoms with Crippen molar-refractivity contribution in [2.24, 2.45) is 10.9 Å². The highest BCUT2D eigenvalue weighted by atomic mass is 127. The molecule has 0 aliphatic heterocycles. The van der Waals surface area contributed by atoms with Crippen molar-refractivity contribution in [3.63, 3.8) is 0 Å². The Morgan fingerprint density at radius 3 is 2.67 bits per heavy atom. The molecule has 0 aliphatic rings. The maximum Gasteiger partial charge on any atom is 0.190 e. The average Bonchev–Trinajstić information content (AvgIpc) is 2.85. The Kier molecular flexibility index (Phi) is 7.56. The van der Waals surface area contributed by atoms with Gasteiger partial charge in [-0.25, -0.2) is 0 Å². The van der Waals surface area contributed by atoms with E-state index in [1.54, 1.807) is 7.05 Å². The topological polar surface area (TPSA) is 49.6 Å². The number of furan rings is 1. The van der Waals surface area contributed by atoms with E-state index in [1.807, 2.05) is 18.2 Å². The lowest BCUT2D eigenvalue weighted by Crippen LogP contribution is -2.39. The van der Waals surface area contributed by atoms with Crippen LogP contribution in [-0.2, 0) is 6.42 Å². The molecule has 0 bridgehead atoms. The molecule has 0 fully saturated rings. The summed E-state index contributed by atoms with van der Waals surface area (Å²) >= 11 is 0. The van der Waals surface area contributed by atoms with Gasteiger partial charge in [-0.3, -0.25) is 4.99 Å². The van der Waals surface area contributed by atoms with E-state index < -0.39 is 0 Å². The van der Waals surface area contributed by atoms with Crippen LogP contribution in [0.5, 0.6) is 0 Å². The highest BCUT2D eigenvalue weighted by Crippen LogP contribution is 2.18. The molecule has 0 amide bonds. The van der Waals surface area contributed by atoms with E-state index >= 15 is 0 Å². The summed E-state index contributed by atoms with van der Waals surface area (Å²) in [5, 5.41) is 7.74. The Morgan fingerprint density at radius 1 is 1.24 bits per heavy atom. The Hall–Kier alpha value is -1.24. The second kappa shape index (κ2) is 8.92. The monoisotopic (exact) mass is 401 g/mol. The van der Waals surface area contributed by atoms with Crippen LogP contribution in [0.15, 0.2) is 39.7 Å². The molecule has 0 aliphatic carbocycles. The molecular weight excluding hydrogens is 377 g/mol. The molecule has 2 rings (SSSR count). The van der Waals surface area contributed by atoms with Gasteiger partial charge in [0, 0.05) is 31.9 Å². The van der Waals surface area contributed by atoms with Gasteiger partial charge in [-0.15, -0.1) is 24.0 Å². The summed E-state index contributed by atoms with van der Waals surface area (Å²) in [6, 6.07) is 10.2. The van der Waals surface area contributed by atoms with Crippen LogP contribution in [0.3, 0.4) is 0 Å². The molecule has 0 spiro atoms. The van der Waals surface area contributed by atoms with Crippen LogP contribution in [0, 0.1) is 5.92 Å². The first kappa shape index (κ1) is 17.8. The quantitative estimate of drug-likeness (QED) is 0.459. The maximum absolute atomic E-state index is 5.78. The summed E-state index contributed by atoms with van der Waals surface area (Å²) in [7, 11) is 1.79. The Labute approximate surface area is 143 Å². The molecule has 2 aromatic rings. The lowest BCUT2D eigenvalue weighted by atomic mass is 10.2. The van der Waals surface area contributed by atoms with Gasteiger partial charge in [0.05, 0.1) is 0 Å². The molecule has 1 heterocycles. The Morgan fingerprint density at radius 2 is 2.00 bits per heavy atom. The molecule has 5 heteroatoms. The number of nitrogens with one attached hydrogen (secondary N) is 2. The van der Waals surface area contributed by atoms with Crippen molar-refractivity contribution < 1.29 is 4.42 Å². The van der Waals surface area contributed by atoms with Crippen molar-refractivity contribution >= 4 is 40.9 Å². The fraction of sp³-hybridized carbons (Fsp3) is 0.438. The average molecular weight is 401 g/mol. The minimum Gasteiger partial charge on any atom is -0.461 e. The zero-order chi connectivity index (χ0) is 14.4. The van der Waals surface area contributed by atoms with Gasteiger partial charge in [0.1, 0.15) is 11.3 Å². The van der Waals surface area contributed by atoms with Crippen molar-refractivity contribution in [1.29, 1.82) is 0 Å². The van der Waals surface area contributed by atoms with E-state index in [2.05, 4.69) is 41.6 Å². The van der Waals surface area contributed by atoms with Gasteiger partial charge in [0.15, 0.2) is 5.96 Å². The molecular formula is C16H24IN3O. The number of guanidine groups is 1. The smallest absolute Gasteiger partial charge is 0.190 e. The van der Waals surface area contributed by atoms with Gasteiger partial charge in [0.25, 0.3) is 0 Å². The van der Waals surface area contributed by atoms with Crippen molar-refractivity contribution in [2.45, 2.75) is 20.3 Å². The van der Waals surface area contributed by atoms with Crippen molar-refractivity contribution in [1.82, 2.24) is 10.6 Å². The summed E-state index contributed by atoms with van der Waals surface area (Å²) in [5.74, 6) is 2.44. The first-order valence-electron chi connectivity index (χ1n) is 7.11. The fourth-order valence-corrected chi connectivity index (χ4v) is 1.99. The minimum absolute atomic E-state index is 0. The molecule has 0 unspecified atom stereocenters. The Balaban J connectivity index is 0.00000220. The number of hydrogen-bond donors (Lipinski definition) is 2. The summed E-state index contributed by atoms with van der Waals surface area (Å²) in [4.78, 5) is 4.20. The van der Waals surface area contributed by atoms with Gasteiger partial charge in [-0.1, -0.05) is 32.0 Å². The molecule has 1 aromatic carbocycles. The third-order valence-electron chi connectivity index (χ3n) is 3.04. The first-order chi connectivity index (χ1) is 9.69. The van der Waals surface area contributed by atoms with Crippen LogP contribution in [0.1, 0.15) is 19.6 Å². The predicted molar refractivity (Wildman–Crippen MR) is 99.5 cm³/mol. The highest BCUT2D eigenvalue weighted by Gasteiger charge is 2.04. The normalized spacial score (nSPS) is 11.5. The van der Waals surface area contributed by atoms with Gasteiger partial charge < -0.3 is 15.1 Å². The van der Waals surface area contributed by atoms with E-state index in [0.29, 0.717) is 5.92 Å². The van der Waals surface area contributed by atoms with Crippen LogP contribution in [0.4, 0.5) is 0 Å². The largest absolute Gasteiger partial charge is 0.461 e. The molecule has 116 valence electrons. The Bertz CT molecular complexity index is 545. The SMILES string of the molecule is CN=C(NCCc1cc2ccccc2o1)NCC(C)C.I. The fourth-order valence-electron chi connectivity index (χ4n) is 1.99. The third-order valence-corrected chi connectivity index (χ3v) is 3.04. The van der Waals surface area contributed by atoms with Gasteiger partial charge in [0.2, 0.25) is 0 Å². The van der Waals surface area contributed by atoms with E-state index in [9.17, 15) is 0 Å². The molecule has 2 N–H and O–H groups in total. The summed E-state index contributed by atoms with van der Waals surface area (Å²) in [6.45, 7) is 6.07. The number of para-hydroxylation sites is 1. The van der Waals surface area contributed by atoms with Crippen molar-refractivity contribution in [2.75, 3.05) is 20.1 Å². The van der Waals surface area contributed by atoms with Crippen LogP contribution in [-0.4, -0.2) is 26.1 Å². The lowest BCUT2D eigenvalue weighted by molar-refractivity contribution is 0.543. The van der Waals surface area contributed by atoms with Crippen molar-refractivity contribution in [3.05, 3.63) is 36.1 Å². The van der Waals surface area contributed by atoms with Crippen LogP contribution in [0.25, 0.3) is 11.0 Å². The number of benzene rings is 1. The van der Waals surface area contributed by atoms with Crippen LogP contribution >= 0.6 is 24.0 Å². The first-order valence-corrected chi connectivity index (χ1v) is 7.11. The number of hydrogen-bond acceptors (Lipinski definition) is 2. The van der Waals surface area contributed by atoms with Crippen LogP contribution in [0.2, 0.25) is 0 Å². The summed E-state index contributed by atoms with van der Waals surface area (Å²) in [5.41, 5.74) is 0.949. The van der Waals surface area contributed by atoms with E-state index in [0.717, 1.165) is 42.2 Å². The number of fused-ring (bicyclic) bond motifs is 1. The van der Waals surface area contributed by atoms with E-state index in [1.165, 1.54) is 0 Å². The van der Waals surface area contributed by atoms with Crippen molar-refractivity contribution in [3.8, 4) is 0 Å². The molecule has 0 radical (unpaired) electrons. The second-order valence-corrected chi connectivity index (χ2v) is 5.27. The molecule has 0 saturated heterocycles. The van der Waals surface area contributed by atoms with Crippen LogP contribution < -0.4 is 10.6 Å². The van der Waals surface area contributed by atoms with E-state index in [-0.39, 0.29) is 24.0 Å². The van der Waals surface area contributed by atoms with E-state index in [4.69, 9.17) is 4.42 Å². The zero-order valence-electron chi connectivity index (χ0n) is 12.8. The standard InChI is InChI=1S/C16H23N3O.HI/c1-12(2)11-19-16(17-3)18-9-8-14-10-13-6-4-5-7-15(13)20-14;/h4-7,10,12H,8-9,11H2,1-3H3,(H2,17,18,19);1H. The number of aliphatic imine (C=N–C) groups is 1. The zero-order valence-corrected chi connectivity index (χ0v) is 15.2. The molecule has 0 saturated carbocycles. The van der Waals surface area contributed by atoms with Gasteiger partial charge >= 0.3 is 0 Å². The summed E-state index contributed by atoms with van der Waals surface area (Å²) < 4.78 is 5.78.